The zero-order chi connectivity index (χ0) is 14.7. The van der Waals surface area contributed by atoms with E-state index in [0.717, 1.165) is 42.7 Å². The van der Waals surface area contributed by atoms with Crippen molar-refractivity contribution in [3.05, 3.63) is 41.2 Å². The van der Waals surface area contributed by atoms with Crippen LogP contribution in [-0.2, 0) is 6.42 Å². The van der Waals surface area contributed by atoms with Gasteiger partial charge in [0.2, 0.25) is 0 Å². The molecule has 1 aromatic rings. The zero-order valence-corrected chi connectivity index (χ0v) is 12.9. The Labute approximate surface area is 127 Å². The molecule has 0 N–H and O–H groups in total. The lowest BCUT2D eigenvalue weighted by molar-refractivity contribution is 0.200. The van der Waals surface area contributed by atoms with Crippen molar-refractivity contribution >= 4 is 0 Å². The largest absolute Gasteiger partial charge is 0.487 e. The van der Waals surface area contributed by atoms with Crippen molar-refractivity contribution in [2.75, 3.05) is 0 Å². The molecule has 0 spiro atoms. The third-order valence-corrected chi connectivity index (χ3v) is 4.67. The van der Waals surface area contributed by atoms with E-state index in [9.17, 15) is 4.39 Å². The fourth-order valence-electron chi connectivity index (χ4n) is 3.06. The number of benzene rings is 1. The van der Waals surface area contributed by atoms with Gasteiger partial charge in [-0.3, -0.25) is 0 Å². The van der Waals surface area contributed by atoms with Crippen LogP contribution in [0.15, 0.2) is 24.3 Å². The molecule has 0 unspecified atom stereocenters. The van der Waals surface area contributed by atoms with Crippen LogP contribution in [0.5, 0.6) is 5.75 Å². The van der Waals surface area contributed by atoms with Crippen LogP contribution in [0, 0.1) is 18.7 Å². The molecule has 0 saturated heterocycles. The topological polar surface area (TPSA) is 9.23 Å². The molecule has 0 amide bonds. The standard InChI is InChI=1S/C19H25FO/c1-14-16(7-3-2-6-15-10-11-15)12-13-18(19(14)20)21-17-8-4-5-9-17/h2,6,12-13,15,17H,3-5,7-11H2,1H3/b6-2+. The summed E-state index contributed by atoms with van der Waals surface area (Å²) in [6.45, 7) is 1.87. The summed E-state index contributed by atoms with van der Waals surface area (Å²) in [4.78, 5) is 0. The highest BCUT2D eigenvalue weighted by atomic mass is 19.1. The highest BCUT2D eigenvalue weighted by Crippen LogP contribution is 2.31. The Hall–Kier alpha value is -1.31. The Morgan fingerprint density at radius 1 is 1.19 bits per heavy atom. The van der Waals surface area contributed by atoms with Crippen molar-refractivity contribution in [3.8, 4) is 5.75 Å². The van der Waals surface area contributed by atoms with Crippen LogP contribution in [0.25, 0.3) is 0 Å². The van der Waals surface area contributed by atoms with Gasteiger partial charge >= 0.3 is 0 Å². The Bertz CT molecular complexity index is 511. The molecule has 2 aliphatic carbocycles. The summed E-state index contributed by atoms with van der Waals surface area (Å²) in [5, 5.41) is 0. The van der Waals surface area contributed by atoms with E-state index in [-0.39, 0.29) is 11.9 Å². The lowest BCUT2D eigenvalue weighted by Gasteiger charge is -2.16. The first-order valence-electron chi connectivity index (χ1n) is 8.35. The first kappa shape index (κ1) is 14.6. The Balaban J connectivity index is 1.60. The van der Waals surface area contributed by atoms with Crippen molar-refractivity contribution in [2.45, 2.75) is 64.4 Å². The molecule has 2 saturated carbocycles. The van der Waals surface area contributed by atoms with Gasteiger partial charge in [0.05, 0.1) is 6.10 Å². The molecule has 0 radical (unpaired) electrons. The van der Waals surface area contributed by atoms with E-state index in [1.54, 1.807) is 0 Å². The first-order valence-corrected chi connectivity index (χ1v) is 8.35. The fraction of sp³-hybridized carbons (Fsp3) is 0.579. The van der Waals surface area contributed by atoms with E-state index in [4.69, 9.17) is 4.74 Å². The molecule has 0 heterocycles. The van der Waals surface area contributed by atoms with Crippen LogP contribution in [-0.4, -0.2) is 6.10 Å². The molecule has 1 nitrogen and oxygen atoms in total. The van der Waals surface area contributed by atoms with Crippen molar-refractivity contribution in [1.82, 2.24) is 0 Å². The van der Waals surface area contributed by atoms with Gasteiger partial charge in [-0.2, -0.15) is 0 Å². The van der Waals surface area contributed by atoms with Gasteiger partial charge < -0.3 is 4.74 Å². The minimum Gasteiger partial charge on any atom is -0.487 e. The molecule has 2 fully saturated rings. The third-order valence-electron chi connectivity index (χ3n) is 4.67. The van der Waals surface area contributed by atoms with E-state index < -0.39 is 0 Å². The Morgan fingerprint density at radius 2 is 1.95 bits per heavy atom. The van der Waals surface area contributed by atoms with E-state index in [2.05, 4.69) is 12.2 Å². The summed E-state index contributed by atoms with van der Waals surface area (Å²) < 4.78 is 20.2. The zero-order valence-electron chi connectivity index (χ0n) is 12.9. The molecule has 21 heavy (non-hydrogen) atoms. The van der Waals surface area contributed by atoms with Gasteiger partial charge in [-0.25, -0.2) is 4.39 Å². The molecular formula is C19H25FO. The third kappa shape index (κ3) is 3.87. The van der Waals surface area contributed by atoms with Crippen LogP contribution in [0.4, 0.5) is 4.39 Å². The highest BCUT2D eigenvalue weighted by Gasteiger charge is 2.19. The maximum Gasteiger partial charge on any atom is 0.168 e. The van der Waals surface area contributed by atoms with Crippen LogP contribution < -0.4 is 4.74 Å². The molecule has 2 heteroatoms. The fourth-order valence-corrected chi connectivity index (χ4v) is 3.06. The van der Waals surface area contributed by atoms with E-state index in [0.29, 0.717) is 5.75 Å². The van der Waals surface area contributed by atoms with Gasteiger partial charge in [0, 0.05) is 0 Å². The first-order chi connectivity index (χ1) is 10.2. The van der Waals surface area contributed by atoms with E-state index in [1.165, 1.54) is 25.7 Å². The van der Waals surface area contributed by atoms with Crippen molar-refractivity contribution in [3.63, 3.8) is 0 Å². The molecule has 0 aromatic heterocycles. The van der Waals surface area contributed by atoms with Gasteiger partial charge in [0.25, 0.3) is 0 Å². The van der Waals surface area contributed by atoms with Crippen LogP contribution in [0.2, 0.25) is 0 Å². The lowest BCUT2D eigenvalue weighted by Crippen LogP contribution is -2.12. The minimum atomic E-state index is -0.162. The summed E-state index contributed by atoms with van der Waals surface area (Å²) in [5.41, 5.74) is 1.86. The van der Waals surface area contributed by atoms with E-state index >= 15 is 0 Å². The monoisotopic (exact) mass is 288 g/mol. The van der Waals surface area contributed by atoms with Crippen molar-refractivity contribution in [2.24, 2.45) is 5.92 Å². The Kier molecular flexibility index (Phi) is 4.62. The second kappa shape index (κ2) is 6.64. The number of aryl methyl sites for hydroxylation is 1. The van der Waals surface area contributed by atoms with Crippen LogP contribution >= 0.6 is 0 Å². The lowest BCUT2D eigenvalue weighted by atomic mass is 10.0. The quantitative estimate of drug-likeness (QED) is 0.641. The van der Waals surface area contributed by atoms with Gasteiger partial charge in [0.1, 0.15) is 0 Å². The number of halogens is 1. The minimum absolute atomic E-state index is 0.162. The maximum atomic E-state index is 14.4. The van der Waals surface area contributed by atoms with Crippen molar-refractivity contribution in [1.29, 1.82) is 0 Å². The molecule has 0 atom stereocenters. The van der Waals surface area contributed by atoms with Gasteiger partial charge in [-0.15, -0.1) is 0 Å². The average molecular weight is 288 g/mol. The smallest absolute Gasteiger partial charge is 0.168 e. The number of hydrogen-bond acceptors (Lipinski definition) is 1. The summed E-state index contributed by atoms with van der Waals surface area (Å²) >= 11 is 0. The summed E-state index contributed by atoms with van der Waals surface area (Å²) in [6.07, 6.45) is 13.9. The number of hydrogen-bond donors (Lipinski definition) is 0. The van der Waals surface area contributed by atoms with Crippen LogP contribution in [0.1, 0.15) is 56.1 Å². The normalized spacial score (nSPS) is 19.5. The highest BCUT2D eigenvalue weighted by molar-refractivity contribution is 5.37. The molecule has 0 bridgehead atoms. The second-order valence-corrected chi connectivity index (χ2v) is 6.49. The summed E-state index contributed by atoms with van der Waals surface area (Å²) in [7, 11) is 0. The summed E-state index contributed by atoms with van der Waals surface area (Å²) in [5.74, 6) is 1.10. The SMILES string of the molecule is Cc1c(CC/C=C/C2CC2)ccc(OC2CCCC2)c1F. The molecule has 0 aliphatic heterocycles. The maximum absolute atomic E-state index is 14.4. The second-order valence-electron chi connectivity index (χ2n) is 6.49. The van der Waals surface area contributed by atoms with Gasteiger partial charge in [-0.1, -0.05) is 18.2 Å². The summed E-state index contributed by atoms with van der Waals surface area (Å²) in [6, 6.07) is 3.86. The molecular weight excluding hydrogens is 263 g/mol. The number of allylic oxidation sites excluding steroid dienone is 2. The molecule has 114 valence electrons. The average Bonchev–Trinajstić information content (AvgIpc) is 3.17. The van der Waals surface area contributed by atoms with Gasteiger partial charge in [-0.05, 0) is 81.4 Å². The number of rotatable bonds is 6. The predicted octanol–water partition coefficient (Wildman–Crippen LogP) is 5.35. The van der Waals surface area contributed by atoms with Crippen molar-refractivity contribution < 1.29 is 9.13 Å². The van der Waals surface area contributed by atoms with E-state index in [1.807, 2.05) is 19.1 Å². The number of ether oxygens (including phenoxy) is 1. The van der Waals surface area contributed by atoms with Gasteiger partial charge in [0.15, 0.2) is 11.6 Å². The molecule has 3 rings (SSSR count). The molecule has 2 aliphatic rings. The Morgan fingerprint density at radius 3 is 2.67 bits per heavy atom. The van der Waals surface area contributed by atoms with Crippen LogP contribution in [0.3, 0.4) is 0 Å². The molecule has 1 aromatic carbocycles. The predicted molar refractivity (Wildman–Crippen MR) is 84.2 cm³/mol.